The smallest absolute Gasteiger partial charge is 0.246 e. The van der Waals surface area contributed by atoms with Crippen LogP contribution in [0.25, 0.3) is 6.08 Å². The number of rotatable bonds is 7. The van der Waals surface area contributed by atoms with Crippen molar-refractivity contribution in [1.29, 1.82) is 0 Å². The second kappa shape index (κ2) is 8.78. The van der Waals surface area contributed by atoms with E-state index in [0.29, 0.717) is 18.0 Å². The molecule has 5 nitrogen and oxygen atoms in total. The molecule has 2 aromatic rings. The zero-order valence-electron chi connectivity index (χ0n) is 15.0. The summed E-state index contributed by atoms with van der Waals surface area (Å²) in [6, 6.07) is 13.2. The quantitative estimate of drug-likeness (QED) is 0.725. The molecule has 0 aliphatic heterocycles. The van der Waals surface area contributed by atoms with E-state index in [0.717, 1.165) is 16.9 Å². The number of carbonyl (C=O) groups excluding carboxylic acids is 1. The van der Waals surface area contributed by atoms with Crippen molar-refractivity contribution in [2.45, 2.75) is 6.54 Å². The normalized spacial score (nSPS) is 10.6. The van der Waals surface area contributed by atoms with E-state index in [2.05, 4.69) is 0 Å². The maximum atomic E-state index is 12.3. The van der Waals surface area contributed by atoms with Crippen molar-refractivity contribution >= 4 is 12.0 Å². The summed E-state index contributed by atoms with van der Waals surface area (Å²) in [5, 5.41) is 0. The molecular weight excluding hydrogens is 318 g/mol. The van der Waals surface area contributed by atoms with E-state index in [4.69, 9.17) is 14.2 Å². The van der Waals surface area contributed by atoms with Gasteiger partial charge in [0.1, 0.15) is 5.75 Å². The van der Waals surface area contributed by atoms with Gasteiger partial charge in [-0.2, -0.15) is 0 Å². The van der Waals surface area contributed by atoms with E-state index in [-0.39, 0.29) is 5.91 Å². The molecule has 1 amide bonds. The van der Waals surface area contributed by atoms with Crippen molar-refractivity contribution in [3.63, 3.8) is 0 Å². The second-order valence-corrected chi connectivity index (χ2v) is 5.49. The first-order valence-electron chi connectivity index (χ1n) is 7.85. The third-order valence-corrected chi connectivity index (χ3v) is 3.76. The predicted octanol–water partition coefficient (Wildman–Crippen LogP) is 3.38. The molecule has 2 aromatic carbocycles. The number of carbonyl (C=O) groups is 1. The van der Waals surface area contributed by atoms with Crippen LogP contribution in [-0.2, 0) is 11.3 Å². The van der Waals surface area contributed by atoms with Gasteiger partial charge >= 0.3 is 0 Å². The van der Waals surface area contributed by atoms with E-state index in [1.807, 2.05) is 42.5 Å². The minimum absolute atomic E-state index is 0.0856. The van der Waals surface area contributed by atoms with Gasteiger partial charge in [-0.25, -0.2) is 0 Å². The summed E-state index contributed by atoms with van der Waals surface area (Å²) in [6.07, 6.45) is 3.30. The van der Waals surface area contributed by atoms with E-state index in [1.54, 1.807) is 45.4 Å². The molecule has 0 unspecified atom stereocenters. The molecule has 132 valence electrons. The number of likely N-dealkylation sites (N-methyl/N-ethyl adjacent to an activating group) is 1. The number of nitrogens with zero attached hydrogens (tertiary/aromatic N) is 1. The Labute approximate surface area is 148 Å². The maximum Gasteiger partial charge on any atom is 0.246 e. The standard InChI is InChI=1S/C20H23NO4/c1-21(14-16-6-5-7-17(12-16)23-2)20(22)11-9-15-8-10-18(24-3)19(13-15)25-4/h5-13H,14H2,1-4H3/b11-9+. The van der Waals surface area contributed by atoms with Gasteiger partial charge in [0, 0.05) is 19.7 Å². The van der Waals surface area contributed by atoms with Crippen LogP contribution >= 0.6 is 0 Å². The topological polar surface area (TPSA) is 48.0 Å². The summed E-state index contributed by atoms with van der Waals surface area (Å²) in [5.41, 5.74) is 1.87. The van der Waals surface area contributed by atoms with Crippen LogP contribution in [0.2, 0.25) is 0 Å². The maximum absolute atomic E-state index is 12.3. The molecule has 0 fully saturated rings. The van der Waals surface area contributed by atoms with Gasteiger partial charge in [-0.1, -0.05) is 18.2 Å². The molecule has 0 saturated carbocycles. The van der Waals surface area contributed by atoms with Crippen molar-refractivity contribution in [3.05, 3.63) is 59.7 Å². The zero-order valence-corrected chi connectivity index (χ0v) is 15.0. The number of ether oxygens (including phenoxy) is 3. The van der Waals surface area contributed by atoms with Crippen LogP contribution in [0.4, 0.5) is 0 Å². The Balaban J connectivity index is 2.03. The van der Waals surface area contributed by atoms with Crippen LogP contribution < -0.4 is 14.2 Å². The zero-order chi connectivity index (χ0) is 18.2. The lowest BCUT2D eigenvalue weighted by Crippen LogP contribution is -2.24. The number of hydrogen-bond donors (Lipinski definition) is 0. The average Bonchev–Trinajstić information content (AvgIpc) is 2.65. The lowest BCUT2D eigenvalue weighted by Gasteiger charge is -2.15. The Kier molecular flexibility index (Phi) is 6.46. The summed E-state index contributed by atoms with van der Waals surface area (Å²) < 4.78 is 15.7. The van der Waals surface area contributed by atoms with E-state index < -0.39 is 0 Å². The Bertz CT molecular complexity index is 755. The first-order valence-corrected chi connectivity index (χ1v) is 7.85. The fourth-order valence-corrected chi connectivity index (χ4v) is 2.37. The molecule has 0 aliphatic rings. The Morgan fingerprint density at radius 2 is 1.76 bits per heavy atom. The monoisotopic (exact) mass is 341 g/mol. The highest BCUT2D eigenvalue weighted by Crippen LogP contribution is 2.28. The number of methoxy groups -OCH3 is 3. The molecule has 0 aliphatic carbocycles. The van der Waals surface area contributed by atoms with Gasteiger partial charge in [0.05, 0.1) is 21.3 Å². The Morgan fingerprint density at radius 1 is 1.00 bits per heavy atom. The lowest BCUT2D eigenvalue weighted by atomic mass is 10.1. The molecule has 2 rings (SSSR count). The molecule has 0 atom stereocenters. The van der Waals surface area contributed by atoms with Gasteiger partial charge in [-0.3, -0.25) is 4.79 Å². The SMILES string of the molecule is COc1cccc(CN(C)C(=O)/C=C/c2ccc(OC)c(OC)c2)c1. The largest absolute Gasteiger partial charge is 0.497 e. The molecule has 0 bridgehead atoms. The minimum Gasteiger partial charge on any atom is -0.497 e. The van der Waals surface area contributed by atoms with Gasteiger partial charge in [-0.15, -0.1) is 0 Å². The fourth-order valence-electron chi connectivity index (χ4n) is 2.37. The molecule has 0 radical (unpaired) electrons. The second-order valence-electron chi connectivity index (χ2n) is 5.49. The predicted molar refractivity (Wildman–Crippen MR) is 98.0 cm³/mol. The van der Waals surface area contributed by atoms with E-state index in [1.165, 1.54) is 0 Å². The first kappa shape index (κ1) is 18.4. The van der Waals surface area contributed by atoms with Crippen LogP contribution in [0.5, 0.6) is 17.2 Å². The summed E-state index contributed by atoms with van der Waals surface area (Å²) in [5.74, 6) is 1.97. The van der Waals surface area contributed by atoms with Gasteiger partial charge in [0.25, 0.3) is 0 Å². The van der Waals surface area contributed by atoms with E-state index >= 15 is 0 Å². The summed E-state index contributed by atoms with van der Waals surface area (Å²) >= 11 is 0. The van der Waals surface area contributed by atoms with Gasteiger partial charge in [-0.05, 0) is 41.5 Å². The van der Waals surface area contributed by atoms with Crippen molar-refractivity contribution in [3.8, 4) is 17.2 Å². The molecule has 0 aromatic heterocycles. The summed E-state index contributed by atoms with van der Waals surface area (Å²) in [6.45, 7) is 0.506. The molecule has 5 heteroatoms. The van der Waals surface area contributed by atoms with Gasteiger partial charge in [0.15, 0.2) is 11.5 Å². The summed E-state index contributed by atoms with van der Waals surface area (Å²) in [4.78, 5) is 13.9. The molecule has 0 saturated heterocycles. The number of benzene rings is 2. The summed E-state index contributed by atoms with van der Waals surface area (Å²) in [7, 11) is 6.56. The molecule has 0 N–H and O–H groups in total. The third kappa shape index (κ3) is 5.01. The molecule has 25 heavy (non-hydrogen) atoms. The van der Waals surface area contributed by atoms with E-state index in [9.17, 15) is 4.79 Å². The first-order chi connectivity index (χ1) is 12.1. The highest BCUT2D eigenvalue weighted by atomic mass is 16.5. The number of amides is 1. The van der Waals surface area contributed by atoms with Crippen LogP contribution in [0.3, 0.4) is 0 Å². The fraction of sp³-hybridized carbons (Fsp3) is 0.250. The average molecular weight is 341 g/mol. The van der Waals surface area contributed by atoms with Crippen LogP contribution in [0, 0.1) is 0 Å². The van der Waals surface area contributed by atoms with Crippen molar-refractivity contribution in [2.24, 2.45) is 0 Å². The van der Waals surface area contributed by atoms with Gasteiger partial charge < -0.3 is 19.1 Å². The van der Waals surface area contributed by atoms with Crippen LogP contribution in [0.1, 0.15) is 11.1 Å². The van der Waals surface area contributed by atoms with Crippen molar-refractivity contribution in [1.82, 2.24) is 4.90 Å². The molecule has 0 heterocycles. The molecular formula is C20H23NO4. The lowest BCUT2D eigenvalue weighted by molar-refractivity contribution is -0.125. The third-order valence-electron chi connectivity index (χ3n) is 3.76. The number of hydrogen-bond acceptors (Lipinski definition) is 4. The Hall–Kier alpha value is -2.95. The Morgan fingerprint density at radius 3 is 2.44 bits per heavy atom. The van der Waals surface area contributed by atoms with Crippen molar-refractivity contribution < 1.29 is 19.0 Å². The highest BCUT2D eigenvalue weighted by Gasteiger charge is 2.07. The van der Waals surface area contributed by atoms with Crippen molar-refractivity contribution in [2.75, 3.05) is 28.4 Å². The van der Waals surface area contributed by atoms with Crippen LogP contribution in [0.15, 0.2) is 48.5 Å². The van der Waals surface area contributed by atoms with Gasteiger partial charge in [0.2, 0.25) is 5.91 Å². The minimum atomic E-state index is -0.0856. The molecule has 0 spiro atoms. The van der Waals surface area contributed by atoms with Crippen LogP contribution in [-0.4, -0.2) is 39.2 Å². The highest BCUT2D eigenvalue weighted by molar-refractivity contribution is 5.91.